The van der Waals surface area contributed by atoms with Crippen LogP contribution in [0.25, 0.3) is 0 Å². The number of carbonyl (C=O) groups excluding carboxylic acids is 2. The zero-order chi connectivity index (χ0) is 14.7. The number of nitrogens with one attached hydrogen (secondary N) is 1. The first kappa shape index (κ1) is 14.3. The Morgan fingerprint density at radius 1 is 1.35 bits per heavy atom. The Kier molecular flexibility index (Phi) is 4.24. The molecule has 1 fully saturated rings. The fourth-order valence-electron chi connectivity index (χ4n) is 2.20. The van der Waals surface area contributed by atoms with Crippen LogP contribution in [-0.4, -0.2) is 28.9 Å². The van der Waals surface area contributed by atoms with Crippen molar-refractivity contribution in [2.45, 2.75) is 38.4 Å². The number of nitrogens with two attached hydrogens (primary N) is 2. The van der Waals surface area contributed by atoms with Crippen LogP contribution in [0.4, 0.5) is 10.5 Å². The summed E-state index contributed by atoms with van der Waals surface area (Å²) >= 11 is 0. The summed E-state index contributed by atoms with van der Waals surface area (Å²) in [4.78, 5) is 24.8. The average molecular weight is 276 g/mol. The van der Waals surface area contributed by atoms with E-state index >= 15 is 0 Å². The second kappa shape index (κ2) is 5.92. The first-order chi connectivity index (χ1) is 9.47. The molecule has 0 radical (unpaired) electrons. The molecule has 0 heterocycles. The van der Waals surface area contributed by atoms with Crippen molar-refractivity contribution in [2.24, 2.45) is 5.73 Å². The number of amides is 3. The summed E-state index contributed by atoms with van der Waals surface area (Å²) in [5, 5.41) is 2.14. The van der Waals surface area contributed by atoms with Crippen LogP contribution in [0, 0.1) is 0 Å². The number of hydrogen-bond donors (Lipinski definition) is 3. The summed E-state index contributed by atoms with van der Waals surface area (Å²) in [5.74, 6) is -0.361. The van der Waals surface area contributed by atoms with Gasteiger partial charge in [-0.1, -0.05) is 12.1 Å². The highest BCUT2D eigenvalue weighted by atomic mass is 16.2. The summed E-state index contributed by atoms with van der Waals surface area (Å²) in [6, 6.07) is 6.76. The number of primary amides is 1. The third-order valence-corrected chi connectivity index (χ3v) is 3.48. The maximum atomic E-state index is 11.9. The second-order valence-corrected chi connectivity index (χ2v) is 5.17. The number of anilines is 1. The Balaban J connectivity index is 2.05. The minimum Gasteiger partial charge on any atom is -0.399 e. The molecule has 5 N–H and O–H groups in total. The van der Waals surface area contributed by atoms with Crippen molar-refractivity contribution in [2.75, 3.05) is 5.73 Å². The molecule has 6 nitrogen and oxygen atoms in total. The predicted molar refractivity (Wildman–Crippen MR) is 76.6 cm³/mol. The zero-order valence-corrected chi connectivity index (χ0v) is 11.5. The Hall–Kier alpha value is -2.08. The van der Waals surface area contributed by atoms with E-state index in [4.69, 9.17) is 11.5 Å². The molecule has 20 heavy (non-hydrogen) atoms. The molecule has 1 unspecified atom stereocenters. The van der Waals surface area contributed by atoms with Crippen molar-refractivity contribution in [3.05, 3.63) is 29.8 Å². The van der Waals surface area contributed by atoms with Crippen LogP contribution in [0.2, 0.25) is 0 Å². The monoisotopic (exact) mass is 276 g/mol. The molecule has 6 heteroatoms. The largest absolute Gasteiger partial charge is 0.399 e. The second-order valence-electron chi connectivity index (χ2n) is 5.17. The van der Waals surface area contributed by atoms with Gasteiger partial charge in [0, 0.05) is 18.3 Å². The number of rotatable bonds is 5. The van der Waals surface area contributed by atoms with Gasteiger partial charge in [-0.05, 0) is 37.5 Å². The van der Waals surface area contributed by atoms with E-state index in [1.165, 1.54) is 0 Å². The molecule has 1 aromatic carbocycles. The topological polar surface area (TPSA) is 101 Å². The van der Waals surface area contributed by atoms with Gasteiger partial charge in [-0.2, -0.15) is 0 Å². The summed E-state index contributed by atoms with van der Waals surface area (Å²) < 4.78 is 0. The lowest BCUT2D eigenvalue weighted by atomic mass is 10.1. The van der Waals surface area contributed by atoms with E-state index in [9.17, 15) is 9.59 Å². The van der Waals surface area contributed by atoms with E-state index in [0.717, 1.165) is 18.4 Å². The van der Waals surface area contributed by atoms with Crippen LogP contribution in [-0.2, 0) is 11.3 Å². The van der Waals surface area contributed by atoms with E-state index in [1.807, 2.05) is 24.3 Å². The molecule has 0 aromatic heterocycles. The number of hydrogen-bond acceptors (Lipinski definition) is 4. The number of carbonyl (C=O) groups is 2. The third kappa shape index (κ3) is 3.71. The van der Waals surface area contributed by atoms with Crippen LogP contribution in [0.3, 0.4) is 0 Å². The smallest absolute Gasteiger partial charge is 0.318 e. The molecule has 0 saturated heterocycles. The van der Waals surface area contributed by atoms with Gasteiger partial charge in [0.25, 0.3) is 0 Å². The summed E-state index contributed by atoms with van der Waals surface area (Å²) in [5.41, 5.74) is 12.5. The Morgan fingerprint density at radius 2 is 1.95 bits per heavy atom. The number of urea groups is 1. The third-order valence-electron chi connectivity index (χ3n) is 3.48. The molecular formula is C14H20N4O2. The highest BCUT2D eigenvalue weighted by molar-refractivity contribution is 5.96. The number of benzene rings is 1. The van der Waals surface area contributed by atoms with Crippen LogP contribution in [0.1, 0.15) is 25.3 Å². The molecule has 1 atom stereocenters. The van der Waals surface area contributed by atoms with Gasteiger partial charge in [-0.15, -0.1) is 0 Å². The average Bonchev–Trinajstić information content (AvgIpc) is 3.21. The Morgan fingerprint density at radius 3 is 2.45 bits per heavy atom. The normalized spacial score (nSPS) is 15.9. The Labute approximate surface area is 118 Å². The number of imide groups is 1. The molecule has 0 aliphatic heterocycles. The molecule has 0 bridgehead atoms. The molecule has 1 aromatic rings. The van der Waals surface area contributed by atoms with Gasteiger partial charge in [0.1, 0.15) is 0 Å². The molecule has 1 aliphatic carbocycles. The van der Waals surface area contributed by atoms with Gasteiger partial charge in [-0.3, -0.25) is 15.0 Å². The SMILES string of the molecule is CC(C(=O)NC(N)=O)N(Cc1ccc(N)cc1)C1CC1. The lowest BCUT2D eigenvalue weighted by molar-refractivity contribution is -0.125. The van der Waals surface area contributed by atoms with Gasteiger partial charge >= 0.3 is 6.03 Å². The lowest BCUT2D eigenvalue weighted by Gasteiger charge is -2.27. The minimum absolute atomic E-state index is 0.361. The van der Waals surface area contributed by atoms with Crippen molar-refractivity contribution < 1.29 is 9.59 Å². The minimum atomic E-state index is -0.815. The number of nitrogen functional groups attached to an aromatic ring is 1. The molecule has 2 rings (SSSR count). The quantitative estimate of drug-likeness (QED) is 0.693. The van der Waals surface area contributed by atoms with E-state index in [2.05, 4.69) is 10.2 Å². The highest BCUT2D eigenvalue weighted by Crippen LogP contribution is 2.30. The molecule has 108 valence electrons. The van der Waals surface area contributed by atoms with Crippen molar-refractivity contribution in [1.82, 2.24) is 10.2 Å². The van der Waals surface area contributed by atoms with Gasteiger partial charge in [0.05, 0.1) is 6.04 Å². The standard InChI is InChI=1S/C14H20N4O2/c1-9(13(19)17-14(16)20)18(12-6-7-12)8-10-2-4-11(15)5-3-10/h2-5,9,12H,6-8,15H2,1H3,(H3,16,17,19,20). The van der Waals surface area contributed by atoms with E-state index < -0.39 is 12.1 Å². The molecule has 3 amide bonds. The summed E-state index contributed by atoms with van der Waals surface area (Å²) in [6.45, 7) is 2.44. The fraction of sp³-hybridized carbons (Fsp3) is 0.429. The van der Waals surface area contributed by atoms with E-state index in [-0.39, 0.29) is 5.91 Å². The highest BCUT2D eigenvalue weighted by Gasteiger charge is 2.35. The molecule has 1 saturated carbocycles. The zero-order valence-electron chi connectivity index (χ0n) is 11.5. The van der Waals surface area contributed by atoms with Gasteiger partial charge in [0.2, 0.25) is 5.91 Å². The summed E-state index contributed by atoms with van der Waals surface area (Å²) in [6.07, 6.45) is 2.15. The van der Waals surface area contributed by atoms with Crippen molar-refractivity contribution in [3.8, 4) is 0 Å². The van der Waals surface area contributed by atoms with Gasteiger partial charge in [-0.25, -0.2) is 4.79 Å². The first-order valence-electron chi connectivity index (χ1n) is 6.68. The van der Waals surface area contributed by atoms with E-state index in [0.29, 0.717) is 18.3 Å². The molecule has 0 spiro atoms. The fourth-order valence-corrected chi connectivity index (χ4v) is 2.20. The first-order valence-corrected chi connectivity index (χ1v) is 6.68. The van der Waals surface area contributed by atoms with E-state index in [1.54, 1.807) is 6.92 Å². The maximum Gasteiger partial charge on any atom is 0.318 e. The molecule has 1 aliphatic rings. The lowest BCUT2D eigenvalue weighted by Crippen LogP contribution is -2.48. The summed E-state index contributed by atoms with van der Waals surface area (Å²) in [7, 11) is 0. The van der Waals surface area contributed by atoms with Gasteiger partial charge in [0.15, 0.2) is 0 Å². The van der Waals surface area contributed by atoms with Crippen LogP contribution in [0.15, 0.2) is 24.3 Å². The van der Waals surface area contributed by atoms with Crippen LogP contribution < -0.4 is 16.8 Å². The molecular weight excluding hydrogens is 256 g/mol. The van der Waals surface area contributed by atoms with Crippen molar-refractivity contribution >= 4 is 17.6 Å². The van der Waals surface area contributed by atoms with Crippen molar-refractivity contribution in [1.29, 1.82) is 0 Å². The van der Waals surface area contributed by atoms with Crippen LogP contribution in [0.5, 0.6) is 0 Å². The predicted octanol–water partition coefficient (Wildman–Crippen LogP) is 0.817. The van der Waals surface area contributed by atoms with Crippen molar-refractivity contribution in [3.63, 3.8) is 0 Å². The number of nitrogens with zero attached hydrogens (tertiary/aromatic N) is 1. The van der Waals surface area contributed by atoms with Crippen LogP contribution >= 0.6 is 0 Å². The maximum absolute atomic E-state index is 11.9. The van der Waals surface area contributed by atoms with Gasteiger partial charge < -0.3 is 11.5 Å². The Bertz CT molecular complexity index is 496.